The van der Waals surface area contributed by atoms with Crippen LogP contribution >= 0.6 is 0 Å². The van der Waals surface area contributed by atoms with E-state index in [0.717, 1.165) is 26.2 Å². The van der Waals surface area contributed by atoms with E-state index >= 15 is 0 Å². The zero-order valence-electron chi connectivity index (χ0n) is 11.8. The molecule has 0 aliphatic carbocycles. The van der Waals surface area contributed by atoms with E-state index in [0.29, 0.717) is 12.3 Å². The number of carbonyl (C=O) groups excluding carboxylic acids is 1. The third-order valence-corrected chi connectivity index (χ3v) is 3.64. The third kappa shape index (κ3) is 4.67. The van der Waals surface area contributed by atoms with Gasteiger partial charge in [-0.05, 0) is 31.7 Å². The number of nitrogens with one attached hydrogen (secondary N) is 1. The molecule has 1 heterocycles. The highest BCUT2D eigenvalue weighted by molar-refractivity contribution is 5.76. The minimum absolute atomic E-state index is 0.302. The number of rotatable bonds is 5. The second-order valence-electron chi connectivity index (χ2n) is 5.36. The summed E-state index contributed by atoms with van der Waals surface area (Å²) in [5.74, 6) is 0.302. The number of hydrogen-bond acceptors (Lipinski definition) is 2. The molecule has 0 saturated carbocycles. The molecule has 0 bridgehead atoms. The molecule has 1 saturated heterocycles. The van der Waals surface area contributed by atoms with Crippen molar-refractivity contribution in [1.29, 1.82) is 0 Å². The van der Waals surface area contributed by atoms with E-state index in [1.165, 1.54) is 30.4 Å². The first-order valence-corrected chi connectivity index (χ1v) is 7.30. The molecule has 1 amide bonds. The first kappa shape index (κ1) is 14.1. The van der Waals surface area contributed by atoms with Crippen LogP contribution in [0, 0.1) is 6.92 Å². The molecule has 0 aromatic heterocycles. The molecule has 3 heteroatoms. The number of piperidine rings is 1. The van der Waals surface area contributed by atoms with Crippen LogP contribution in [0.4, 0.5) is 0 Å². The fourth-order valence-electron chi connectivity index (χ4n) is 2.55. The van der Waals surface area contributed by atoms with E-state index in [1.54, 1.807) is 0 Å². The van der Waals surface area contributed by atoms with Gasteiger partial charge in [-0.3, -0.25) is 4.79 Å². The van der Waals surface area contributed by atoms with E-state index in [1.807, 2.05) is 4.90 Å². The molecular weight excluding hydrogens is 236 g/mol. The average molecular weight is 260 g/mol. The first-order valence-electron chi connectivity index (χ1n) is 7.30. The molecule has 1 fully saturated rings. The minimum Gasteiger partial charge on any atom is -0.343 e. The zero-order valence-corrected chi connectivity index (χ0v) is 11.8. The Morgan fingerprint density at radius 1 is 1.26 bits per heavy atom. The Labute approximate surface area is 116 Å². The number of carbonyl (C=O) groups is 1. The van der Waals surface area contributed by atoms with Crippen molar-refractivity contribution in [2.45, 2.75) is 39.2 Å². The Bertz CT molecular complexity index is 411. The second-order valence-corrected chi connectivity index (χ2v) is 5.36. The maximum atomic E-state index is 11.9. The number of likely N-dealkylation sites (tertiary alicyclic amines) is 1. The maximum absolute atomic E-state index is 11.9. The summed E-state index contributed by atoms with van der Waals surface area (Å²) in [6.07, 6.45) is 4.23. The highest BCUT2D eigenvalue weighted by atomic mass is 16.2. The quantitative estimate of drug-likeness (QED) is 0.825. The highest BCUT2D eigenvalue weighted by Gasteiger charge is 2.15. The molecule has 0 atom stereocenters. The van der Waals surface area contributed by atoms with Crippen LogP contribution in [0.1, 0.15) is 36.8 Å². The van der Waals surface area contributed by atoms with E-state index in [-0.39, 0.29) is 0 Å². The fraction of sp³-hybridized carbons (Fsp3) is 0.562. The van der Waals surface area contributed by atoms with Crippen LogP contribution in [0.3, 0.4) is 0 Å². The monoisotopic (exact) mass is 260 g/mol. The topological polar surface area (TPSA) is 32.3 Å². The molecule has 1 N–H and O–H groups in total. The van der Waals surface area contributed by atoms with E-state index < -0.39 is 0 Å². The molecule has 2 rings (SSSR count). The number of hydrogen-bond donors (Lipinski definition) is 1. The predicted molar refractivity (Wildman–Crippen MR) is 77.9 cm³/mol. The van der Waals surface area contributed by atoms with Gasteiger partial charge in [0.25, 0.3) is 0 Å². The van der Waals surface area contributed by atoms with Crippen molar-refractivity contribution in [2.75, 3.05) is 19.6 Å². The molecule has 19 heavy (non-hydrogen) atoms. The zero-order chi connectivity index (χ0) is 13.5. The lowest BCUT2D eigenvalue weighted by Gasteiger charge is -2.26. The molecule has 1 aliphatic rings. The van der Waals surface area contributed by atoms with Gasteiger partial charge in [0.15, 0.2) is 0 Å². The van der Waals surface area contributed by atoms with E-state index in [9.17, 15) is 4.79 Å². The normalized spacial score (nSPS) is 15.5. The third-order valence-electron chi connectivity index (χ3n) is 3.64. The molecule has 1 aromatic rings. The Morgan fingerprint density at radius 2 is 2.05 bits per heavy atom. The van der Waals surface area contributed by atoms with Gasteiger partial charge in [0, 0.05) is 32.6 Å². The highest BCUT2D eigenvalue weighted by Crippen LogP contribution is 2.09. The Kier molecular flexibility index (Phi) is 5.40. The van der Waals surface area contributed by atoms with Gasteiger partial charge in [0.05, 0.1) is 0 Å². The standard InChI is InChI=1S/C16H24N2O/c1-14-6-5-7-15(12-14)13-17-9-8-16(19)18-10-3-2-4-11-18/h5-7,12,17H,2-4,8-11,13H2,1H3. The smallest absolute Gasteiger partial charge is 0.223 e. The lowest BCUT2D eigenvalue weighted by Crippen LogP contribution is -2.37. The summed E-state index contributed by atoms with van der Waals surface area (Å²) in [6, 6.07) is 8.47. The fourth-order valence-corrected chi connectivity index (χ4v) is 2.55. The van der Waals surface area contributed by atoms with Crippen LogP contribution in [0.15, 0.2) is 24.3 Å². The van der Waals surface area contributed by atoms with Gasteiger partial charge in [-0.25, -0.2) is 0 Å². The van der Waals surface area contributed by atoms with Crippen LogP contribution < -0.4 is 5.32 Å². The summed E-state index contributed by atoms with van der Waals surface area (Å²) < 4.78 is 0. The Morgan fingerprint density at radius 3 is 2.79 bits per heavy atom. The van der Waals surface area contributed by atoms with Crippen LogP contribution in [0.25, 0.3) is 0 Å². The van der Waals surface area contributed by atoms with Crippen molar-refractivity contribution >= 4 is 5.91 Å². The summed E-state index contributed by atoms with van der Waals surface area (Å²) in [6.45, 7) is 5.62. The predicted octanol–water partition coefficient (Wildman–Crippen LogP) is 2.49. The van der Waals surface area contributed by atoms with E-state index in [4.69, 9.17) is 0 Å². The maximum Gasteiger partial charge on any atom is 0.223 e. The van der Waals surface area contributed by atoms with E-state index in [2.05, 4.69) is 36.5 Å². The van der Waals surface area contributed by atoms with Gasteiger partial charge in [0.1, 0.15) is 0 Å². The number of amides is 1. The average Bonchev–Trinajstić information content (AvgIpc) is 2.44. The van der Waals surface area contributed by atoms with Crippen molar-refractivity contribution in [2.24, 2.45) is 0 Å². The molecule has 0 spiro atoms. The van der Waals surface area contributed by atoms with Crippen molar-refractivity contribution in [1.82, 2.24) is 10.2 Å². The molecule has 104 valence electrons. The van der Waals surface area contributed by atoms with Crippen molar-refractivity contribution in [3.63, 3.8) is 0 Å². The molecule has 1 aromatic carbocycles. The lowest BCUT2D eigenvalue weighted by atomic mass is 10.1. The van der Waals surface area contributed by atoms with Crippen molar-refractivity contribution in [3.8, 4) is 0 Å². The lowest BCUT2D eigenvalue weighted by molar-refractivity contribution is -0.131. The van der Waals surface area contributed by atoms with Crippen molar-refractivity contribution in [3.05, 3.63) is 35.4 Å². The summed E-state index contributed by atoms with van der Waals surface area (Å²) in [7, 11) is 0. The van der Waals surface area contributed by atoms with Gasteiger partial charge >= 0.3 is 0 Å². The first-order chi connectivity index (χ1) is 9.25. The summed E-state index contributed by atoms with van der Waals surface area (Å²) in [5.41, 5.74) is 2.56. The Balaban J connectivity index is 1.65. The van der Waals surface area contributed by atoms with Gasteiger partial charge in [-0.15, -0.1) is 0 Å². The molecule has 3 nitrogen and oxygen atoms in total. The van der Waals surface area contributed by atoms with Crippen LogP contribution in [0.2, 0.25) is 0 Å². The SMILES string of the molecule is Cc1cccc(CNCCC(=O)N2CCCCC2)c1. The van der Waals surface area contributed by atoms with Crippen LogP contribution in [0.5, 0.6) is 0 Å². The van der Waals surface area contributed by atoms with Crippen LogP contribution in [-0.2, 0) is 11.3 Å². The number of aryl methyl sites for hydroxylation is 1. The Hall–Kier alpha value is -1.35. The van der Waals surface area contributed by atoms with Crippen LogP contribution in [-0.4, -0.2) is 30.4 Å². The molecule has 1 aliphatic heterocycles. The van der Waals surface area contributed by atoms with Gasteiger partial charge in [-0.1, -0.05) is 29.8 Å². The molecular formula is C16H24N2O. The second kappa shape index (κ2) is 7.29. The van der Waals surface area contributed by atoms with Crippen molar-refractivity contribution < 1.29 is 4.79 Å². The summed E-state index contributed by atoms with van der Waals surface area (Å²) in [4.78, 5) is 14.0. The molecule has 0 radical (unpaired) electrons. The molecule has 0 unspecified atom stereocenters. The summed E-state index contributed by atoms with van der Waals surface area (Å²) in [5, 5.41) is 3.35. The summed E-state index contributed by atoms with van der Waals surface area (Å²) >= 11 is 0. The number of benzene rings is 1. The minimum atomic E-state index is 0.302. The van der Waals surface area contributed by atoms with Gasteiger partial charge in [-0.2, -0.15) is 0 Å². The number of nitrogens with zero attached hydrogens (tertiary/aromatic N) is 1. The largest absolute Gasteiger partial charge is 0.343 e. The van der Waals surface area contributed by atoms with Gasteiger partial charge in [0.2, 0.25) is 5.91 Å². The van der Waals surface area contributed by atoms with Gasteiger partial charge < -0.3 is 10.2 Å².